The Morgan fingerprint density at radius 3 is 2.84 bits per heavy atom. The lowest BCUT2D eigenvalue weighted by Crippen LogP contribution is -2.41. The first-order chi connectivity index (χ1) is 11.9. The Kier molecular flexibility index (Phi) is 5.21. The van der Waals surface area contributed by atoms with Gasteiger partial charge in [-0.2, -0.15) is 4.31 Å². The van der Waals surface area contributed by atoms with Gasteiger partial charge in [0.25, 0.3) is 5.91 Å². The molecule has 1 aliphatic rings. The first-order valence-electron chi connectivity index (χ1n) is 8.23. The van der Waals surface area contributed by atoms with Crippen molar-refractivity contribution < 1.29 is 13.2 Å². The number of sulfonamides is 1. The molecule has 0 spiro atoms. The number of carbonyl (C=O) groups is 1. The molecule has 2 heterocycles. The third-order valence-corrected chi connectivity index (χ3v) is 7.12. The van der Waals surface area contributed by atoms with Crippen LogP contribution in [0.25, 0.3) is 0 Å². The average Bonchev–Trinajstić information content (AvgIpc) is 3.00. The fraction of sp³-hybridized carbons (Fsp3) is 0.412. The SMILES string of the molecule is Cc1cnc(NC(=O)c2cccc(S(=O)(=O)N3CCCCC3C)c2)s1. The van der Waals surface area contributed by atoms with Gasteiger partial charge in [0.2, 0.25) is 10.0 Å². The van der Waals surface area contributed by atoms with Crippen molar-refractivity contribution in [3.63, 3.8) is 0 Å². The number of aryl methyl sites for hydroxylation is 1. The highest BCUT2D eigenvalue weighted by Gasteiger charge is 2.31. The van der Waals surface area contributed by atoms with E-state index < -0.39 is 10.0 Å². The van der Waals surface area contributed by atoms with Gasteiger partial charge in [0.15, 0.2) is 5.13 Å². The Balaban J connectivity index is 1.84. The van der Waals surface area contributed by atoms with Crippen LogP contribution >= 0.6 is 11.3 Å². The van der Waals surface area contributed by atoms with E-state index in [2.05, 4.69) is 10.3 Å². The monoisotopic (exact) mass is 379 g/mol. The van der Waals surface area contributed by atoms with Gasteiger partial charge < -0.3 is 0 Å². The van der Waals surface area contributed by atoms with E-state index >= 15 is 0 Å². The first kappa shape index (κ1) is 18.0. The second-order valence-electron chi connectivity index (χ2n) is 6.22. The number of nitrogens with zero attached hydrogens (tertiary/aromatic N) is 2. The van der Waals surface area contributed by atoms with Crippen molar-refractivity contribution in [2.45, 2.75) is 44.0 Å². The zero-order valence-electron chi connectivity index (χ0n) is 14.2. The molecule has 1 N–H and O–H groups in total. The Bertz CT molecular complexity index is 877. The molecule has 25 heavy (non-hydrogen) atoms. The van der Waals surface area contributed by atoms with Gasteiger partial charge in [0.05, 0.1) is 4.90 Å². The topological polar surface area (TPSA) is 79.4 Å². The van der Waals surface area contributed by atoms with Crippen LogP contribution in [0.15, 0.2) is 35.4 Å². The molecule has 0 aliphatic carbocycles. The van der Waals surface area contributed by atoms with Gasteiger partial charge in [-0.25, -0.2) is 13.4 Å². The Labute approximate surface area is 151 Å². The Hall–Kier alpha value is -1.77. The summed E-state index contributed by atoms with van der Waals surface area (Å²) >= 11 is 1.37. The normalized spacial score (nSPS) is 18.9. The fourth-order valence-corrected chi connectivity index (χ4v) is 5.35. The molecule has 0 radical (unpaired) electrons. The van der Waals surface area contributed by atoms with Gasteiger partial charge in [-0.05, 0) is 44.9 Å². The minimum absolute atomic E-state index is 0.0190. The maximum atomic E-state index is 12.9. The van der Waals surface area contributed by atoms with Gasteiger partial charge in [0, 0.05) is 29.2 Å². The second kappa shape index (κ2) is 7.23. The quantitative estimate of drug-likeness (QED) is 0.884. The van der Waals surface area contributed by atoms with E-state index in [1.807, 2.05) is 13.8 Å². The Morgan fingerprint density at radius 2 is 2.16 bits per heavy atom. The molecule has 1 amide bonds. The zero-order chi connectivity index (χ0) is 18.0. The van der Waals surface area contributed by atoms with Crippen molar-refractivity contribution in [2.24, 2.45) is 0 Å². The number of carbonyl (C=O) groups excluding carboxylic acids is 1. The van der Waals surface area contributed by atoms with E-state index in [9.17, 15) is 13.2 Å². The van der Waals surface area contributed by atoms with Crippen LogP contribution in [-0.4, -0.2) is 36.2 Å². The average molecular weight is 380 g/mol. The molecule has 1 atom stereocenters. The van der Waals surface area contributed by atoms with Crippen LogP contribution < -0.4 is 5.32 Å². The number of piperidine rings is 1. The van der Waals surface area contributed by atoms with E-state index in [4.69, 9.17) is 0 Å². The van der Waals surface area contributed by atoms with E-state index in [1.165, 1.54) is 21.7 Å². The molecule has 6 nitrogen and oxygen atoms in total. The molecule has 1 aliphatic heterocycles. The number of nitrogens with one attached hydrogen (secondary N) is 1. The summed E-state index contributed by atoms with van der Waals surface area (Å²) in [6.45, 7) is 4.36. The smallest absolute Gasteiger partial charge is 0.257 e. The highest BCUT2D eigenvalue weighted by Crippen LogP contribution is 2.26. The molecular weight excluding hydrogens is 358 g/mol. The molecule has 2 aromatic rings. The maximum Gasteiger partial charge on any atom is 0.257 e. The molecule has 1 fully saturated rings. The van der Waals surface area contributed by atoms with Crippen molar-refractivity contribution in [1.82, 2.24) is 9.29 Å². The third kappa shape index (κ3) is 3.91. The van der Waals surface area contributed by atoms with Gasteiger partial charge >= 0.3 is 0 Å². The van der Waals surface area contributed by atoms with E-state index in [0.717, 1.165) is 24.1 Å². The fourth-order valence-electron chi connectivity index (χ4n) is 2.94. The standard InChI is InChI=1S/C17H21N3O3S2/c1-12-6-3-4-9-20(12)25(22,23)15-8-5-7-14(10-15)16(21)19-17-18-11-13(2)24-17/h5,7-8,10-12H,3-4,6,9H2,1-2H3,(H,18,19,21). The molecule has 0 bridgehead atoms. The van der Waals surface area contributed by atoms with Crippen molar-refractivity contribution in [2.75, 3.05) is 11.9 Å². The number of anilines is 1. The number of amides is 1. The number of hydrogen-bond acceptors (Lipinski definition) is 5. The van der Waals surface area contributed by atoms with Crippen molar-refractivity contribution >= 4 is 32.4 Å². The summed E-state index contributed by atoms with van der Waals surface area (Å²) in [6, 6.07) is 6.17. The number of hydrogen-bond donors (Lipinski definition) is 1. The van der Waals surface area contributed by atoms with Crippen molar-refractivity contribution in [3.05, 3.63) is 40.9 Å². The molecule has 1 aromatic carbocycles. The molecule has 1 aromatic heterocycles. The van der Waals surface area contributed by atoms with Gasteiger partial charge in [-0.3, -0.25) is 10.1 Å². The lowest BCUT2D eigenvalue weighted by atomic mass is 10.1. The molecule has 1 unspecified atom stereocenters. The predicted octanol–water partition coefficient (Wildman–Crippen LogP) is 3.27. The minimum Gasteiger partial charge on any atom is -0.298 e. The largest absolute Gasteiger partial charge is 0.298 e. The molecular formula is C17H21N3O3S2. The lowest BCUT2D eigenvalue weighted by Gasteiger charge is -2.32. The molecule has 134 valence electrons. The maximum absolute atomic E-state index is 12.9. The molecule has 8 heteroatoms. The summed E-state index contributed by atoms with van der Waals surface area (Å²) in [7, 11) is -3.60. The minimum atomic E-state index is -3.60. The second-order valence-corrected chi connectivity index (χ2v) is 9.34. The van der Waals surface area contributed by atoms with Crippen molar-refractivity contribution in [3.8, 4) is 0 Å². The molecule has 3 rings (SSSR count). The lowest BCUT2D eigenvalue weighted by molar-refractivity contribution is 0.102. The summed E-state index contributed by atoms with van der Waals surface area (Å²) in [5, 5.41) is 3.21. The van der Waals surface area contributed by atoms with Crippen LogP contribution in [0.1, 0.15) is 41.4 Å². The third-order valence-electron chi connectivity index (χ3n) is 4.29. The number of rotatable bonds is 4. The van der Waals surface area contributed by atoms with Gasteiger partial charge in [0.1, 0.15) is 0 Å². The Morgan fingerprint density at radius 1 is 1.36 bits per heavy atom. The zero-order valence-corrected chi connectivity index (χ0v) is 15.9. The first-order valence-corrected chi connectivity index (χ1v) is 10.5. The number of benzene rings is 1. The summed E-state index contributed by atoms with van der Waals surface area (Å²) in [6.07, 6.45) is 4.46. The van der Waals surface area contributed by atoms with Crippen LogP contribution in [0.5, 0.6) is 0 Å². The van der Waals surface area contributed by atoms with Gasteiger partial charge in [-0.15, -0.1) is 11.3 Å². The predicted molar refractivity (Wildman–Crippen MR) is 98.5 cm³/mol. The molecule has 1 saturated heterocycles. The van der Waals surface area contributed by atoms with Crippen LogP contribution in [0.4, 0.5) is 5.13 Å². The number of aromatic nitrogens is 1. The van der Waals surface area contributed by atoms with Crippen LogP contribution in [0.3, 0.4) is 0 Å². The van der Waals surface area contributed by atoms with Crippen LogP contribution in [-0.2, 0) is 10.0 Å². The number of thiazole rings is 1. The highest BCUT2D eigenvalue weighted by atomic mass is 32.2. The summed E-state index contributed by atoms with van der Waals surface area (Å²) in [5.41, 5.74) is 0.304. The summed E-state index contributed by atoms with van der Waals surface area (Å²) in [4.78, 5) is 17.6. The molecule has 0 saturated carbocycles. The highest BCUT2D eigenvalue weighted by molar-refractivity contribution is 7.89. The van der Waals surface area contributed by atoms with Crippen molar-refractivity contribution in [1.29, 1.82) is 0 Å². The van der Waals surface area contributed by atoms with E-state index in [0.29, 0.717) is 17.2 Å². The summed E-state index contributed by atoms with van der Waals surface area (Å²) in [5.74, 6) is -0.363. The van der Waals surface area contributed by atoms with Gasteiger partial charge in [-0.1, -0.05) is 12.5 Å². The van der Waals surface area contributed by atoms with Crippen LogP contribution in [0, 0.1) is 6.92 Å². The van der Waals surface area contributed by atoms with E-state index in [-0.39, 0.29) is 16.8 Å². The van der Waals surface area contributed by atoms with E-state index in [1.54, 1.807) is 24.4 Å². The van der Waals surface area contributed by atoms with Crippen LogP contribution in [0.2, 0.25) is 0 Å². The summed E-state index contributed by atoms with van der Waals surface area (Å²) < 4.78 is 27.4.